The van der Waals surface area contributed by atoms with Crippen molar-refractivity contribution in [3.05, 3.63) is 0 Å². The average Bonchev–Trinajstić information content (AvgIpc) is 2.26. The normalized spacial score (nSPS) is 11.6. The standard InChI is InChI=1S/6CN.Cs.2Fe/c6*1-2;;;/q;;;;;;+1;-4;+3. The molecule has 6 nitrogen and oxygen atoms in total. The first-order valence-corrected chi connectivity index (χ1v) is 5.71. The van der Waals surface area contributed by atoms with Crippen molar-refractivity contribution in [3.63, 3.8) is 0 Å². The van der Waals surface area contributed by atoms with Crippen molar-refractivity contribution >= 4 is 0 Å². The molecular formula is C6CsFe2N6. The van der Waals surface area contributed by atoms with Crippen LogP contribution in [0.4, 0.5) is 0 Å². The third-order valence-electron chi connectivity index (χ3n) is 1.19. The predicted molar refractivity (Wildman–Crippen MR) is 33.7 cm³/mol. The van der Waals surface area contributed by atoms with E-state index in [1.54, 1.807) is 0 Å². The molecule has 0 spiro atoms. The zero-order valence-corrected chi connectivity index (χ0v) is 15.9. The van der Waals surface area contributed by atoms with Gasteiger partial charge in [-0.05, 0) is 0 Å². The Labute approximate surface area is 154 Å². The van der Waals surface area contributed by atoms with Gasteiger partial charge in [-0.3, -0.25) is 0 Å². The second-order valence-corrected chi connectivity index (χ2v) is 7.42. The molecule has 0 saturated heterocycles. The van der Waals surface area contributed by atoms with Crippen LogP contribution in [-0.2, 0) is 27.8 Å². The average molecular weight is 401 g/mol. The molecule has 0 N–H and O–H groups in total. The first-order chi connectivity index (χ1) is 5.97. The Kier molecular flexibility index (Phi) is 7.34. The molecule has 0 aromatic heterocycles. The number of hydrogen-bond acceptors (Lipinski definition) is 6. The zero-order chi connectivity index (χ0) is 10.7. The summed E-state index contributed by atoms with van der Waals surface area (Å²) in [6.07, 6.45) is 0. The van der Waals surface area contributed by atoms with Crippen molar-refractivity contribution in [3.8, 4) is 29.8 Å². The summed E-state index contributed by atoms with van der Waals surface area (Å²) < 4.78 is 0. The number of nitriles is 6. The molecule has 0 unspecified atom stereocenters. The van der Waals surface area contributed by atoms with Crippen LogP contribution >= 0.6 is 0 Å². The van der Waals surface area contributed by atoms with E-state index in [0.29, 0.717) is 0 Å². The third kappa shape index (κ3) is 2.25. The van der Waals surface area contributed by atoms with Crippen LogP contribution in [0.2, 0.25) is 0 Å². The van der Waals surface area contributed by atoms with Gasteiger partial charge in [0.1, 0.15) is 0 Å². The molecule has 0 aromatic carbocycles. The van der Waals surface area contributed by atoms with E-state index in [4.69, 9.17) is 31.6 Å². The maximum atomic E-state index is 8.58. The fourth-order valence-electron chi connectivity index (χ4n) is 0.265. The van der Waals surface area contributed by atoms with Crippen LogP contribution in [0.25, 0.3) is 0 Å². The second-order valence-electron chi connectivity index (χ2n) is 1.80. The summed E-state index contributed by atoms with van der Waals surface area (Å²) in [6.45, 7) is 0. The van der Waals surface area contributed by atoms with Gasteiger partial charge < -0.3 is 0 Å². The minimum atomic E-state index is -6.17. The molecule has 0 aliphatic rings. The van der Waals surface area contributed by atoms with E-state index >= 15 is 0 Å². The quantitative estimate of drug-likeness (QED) is 0.399. The number of nitrogens with zero attached hydrogens (tertiary/aromatic N) is 6. The predicted octanol–water partition coefficient (Wildman–Crippen LogP) is -2.90. The molecule has 0 saturated carbocycles. The molecule has 0 fully saturated rings. The van der Waals surface area contributed by atoms with E-state index in [-0.39, 0.29) is 86.0 Å². The van der Waals surface area contributed by atoms with Crippen LogP contribution in [0.1, 0.15) is 0 Å². The van der Waals surface area contributed by atoms with Crippen molar-refractivity contribution in [2.75, 3.05) is 0 Å². The molecule has 0 bridgehead atoms. The Morgan fingerprint density at radius 2 is 0.667 bits per heavy atom. The van der Waals surface area contributed by atoms with Gasteiger partial charge >= 0.3 is 158 Å². The van der Waals surface area contributed by atoms with E-state index in [1.807, 2.05) is 0 Å². The van der Waals surface area contributed by atoms with Gasteiger partial charge in [-0.2, -0.15) is 0 Å². The van der Waals surface area contributed by atoms with E-state index in [2.05, 4.69) is 0 Å². The van der Waals surface area contributed by atoms with E-state index in [0.717, 1.165) is 29.8 Å². The molecule has 15 heavy (non-hydrogen) atoms. The smallest absolute Gasteiger partial charge is 1.00 e. The maximum absolute atomic E-state index is 8.58. The van der Waals surface area contributed by atoms with Crippen LogP contribution in [0.3, 0.4) is 0 Å². The molecule has 0 atom stereocenters. The minimum Gasteiger partial charge on any atom is 1.00 e. The van der Waals surface area contributed by atoms with Gasteiger partial charge in [-0.15, -0.1) is 0 Å². The van der Waals surface area contributed by atoms with Gasteiger partial charge in [-0.25, -0.2) is 0 Å². The fourth-order valence-corrected chi connectivity index (χ4v) is 1.09. The molecule has 71 valence electrons. The van der Waals surface area contributed by atoms with Gasteiger partial charge in [0, 0.05) is 0 Å². The molecule has 0 aliphatic carbocycles. The van der Waals surface area contributed by atoms with Crippen LogP contribution in [0, 0.1) is 61.4 Å². The van der Waals surface area contributed by atoms with Crippen molar-refractivity contribution in [2.45, 2.75) is 0 Å². The Morgan fingerprint density at radius 3 is 0.667 bits per heavy atom. The third-order valence-corrected chi connectivity index (χ3v) is 4.89. The Hall–Kier alpha value is 0.0309. The summed E-state index contributed by atoms with van der Waals surface area (Å²) in [5, 5.41) is 51.5. The first-order valence-electron chi connectivity index (χ1n) is 2.40. The number of rotatable bonds is 0. The van der Waals surface area contributed by atoms with Gasteiger partial charge in [0.2, 0.25) is 0 Å². The summed E-state index contributed by atoms with van der Waals surface area (Å²) in [5.41, 5.74) is 0. The van der Waals surface area contributed by atoms with Crippen molar-refractivity contribution < 1.29 is 96.7 Å². The molecule has 0 amide bonds. The summed E-state index contributed by atoms with van der Waals surface area (Å²) >= 11 is 0. The number of hydrogen-bond donors (Lipinski definition) is 0. The molecule has 1 radical (unpaired) electrons. The fraction of sp³-hybridized carbons (Fsp3) is 0. The monoisotopic (exact) mass is 401 g/mol. The molecule has 0 aromatic rings. The molecule has 0 aliphatic heterocycles. The van der Waals surface area contributed by atoms with Crippen LogP contribution in [-0.4, -0.2) is 0 Å². The molecule has 9 heteroatoms. The second kappa shape index (κ2) is 5.39. The van der Waals surface area contributed by atoms with Crippen molar-refractivity contribution in [2.24, 2.45) is 0 Å². The van der Waals surface area contributed by atoms with Crippen molar-refractivity contribution in [1.82, 2.24) is 0 Å². The summed E-state index contributed by atoms with van der Waals surface area (Å²) in [7, 11) is -6.17. The summed E-state index contributed by atoms with van der Waals surface area (Å²) in [5.74, 6) is 0. The zero-order valence-electron chi connectivity index (χ0n) is 7.39. The minimum absolute atomic E-state index is 0. The summed E-state index contributed by atoms with van der Waals surface area (Å²) in [4.78, 5) is 6.19. The van der Waals surface area contributed by atoms with E-state index in [1.165, 1.54) is 0 Å². The molecular weight excluding hydrogens is 401 g/mol. The molecule has 0 heterocycles. The summed E-state index contributed by atoms with van der Waals surface area (Å²) in [6, 6.07) is 0. The Bertz CT molecular complexity index is 395. The van der Waals surface area contributed by atoms with Crippen LogP contribution in [0.15, 0.2) is 0 Å². The van der Waals surface area contributed by atoms with E-state index < -0.39 is 10.7 Å². The van der Waals surface area contributed by atoms with Gasteiger partial charge in [0.25, 0.3) is 0 Å². The Morgan fingerprint density at radius 1 is 0.533 bits per heavy atom. The van der Waals surface area contributed by atoms with Gasteiger partial charge in [-0.1, -0.05) is 0 Å². The maximum Gasteiger partial charge on any atom is 3.00 e. The van der Waals surface area contributed by atoms with E-state index in [9.17, 15) is 0 Å². The van der Waals surface area contributed by atoms with Gasteiger partial charge in [0.15, 0.2) is 0 Å². The Balaban J connectivity index is -0.000000720. The largest absolute Gasteiger partial charge is 3.00 e. The first kappa shape index (κ1) is 20.4. The van der Waals surface area contributed by atoms with Crippen LogP contribution < -0.4 is 68.9 Å². The van der Waals surface area contributed by atoms with Crippen molar-refractivity contribution in [1.29, 1.82) is 31.6 Å². The van der Waals surface area contributed by atoms with Gasteiger partial charge in [0.05, 0.1) is 0 Å². The van der Waals surface area contributed by atoms with Crippen LogP contribution in [0.5, 0.6) is 0 Å². The SMILES string of the molecule is N#[C][Fe-4]([C]#N)([C]#N)([C]#N)([C]#N)[C]#N.[Cs+].[Fe+3]. The topological polar surface area (TPSA) is 143 Å². The molecule has 0 rings (SSSR count).